The summed E-state index contributed by atoms with van der Waals surface area (Å²) in [5, 5.41) is 10.8. The Kier molecular flexibility index (Phi) is 4.10. The van der Waals surface area contributed by atoms with E-state index in [4.69, 9.17) is 4.74 Å². The molecular formula is C21H25N5O2. The fourth-order valence-electron chi connectivity index (χ4n) is 4.79. The Morgan fingerprint density at radius 3 is 2.79 bits per heavy atom. The van der Waals surface area contributed by atoms with Crippen molar-refractivity contribution in [2.24, 2.45) is 11.3 Å². The molecule has 2 aromatic heterocycles. The summed E-state index contributed by atoms with van der Waals surface area (Å²) in [6.07, 6.45) is 4.78. The summed E-state index contributed by atoms with van der Waals surface area (Å²) in [6.45, 7) is 1.18. The van der Waals surface area contributed by atoms with Crippen molar-refractivity contribution in [3.63, 3.8) is 0 Å². The summed E-state index contributed by atoms with van der Waals surface area (Å²) in [5.74, 6) is 1.21. The lowest BCUT2D eigenvalue weighted by atomic mass is 10.0. The van der Waals surface area contributed by atoms with Crippen molar-refractivity contribution in [1.82, 2.24) is 19.5 Å². The van der Waals surface area contributed by atoms with Crippen LogP contribution in [0.5, 0.6) is 0 Å². The average molecular weight is 379 g/mol. The molecule has 3 aromatic rings. The van der Waals surface area contributed by atoms with E-state index in [1.165, 1.54) is 0 Å². The predicted molar refractivity (Wildman–Crippen MR) is 106 cm³/mol. The predicted octanol–water partition coefficient (Wildman–Crippen LogP) is 2.42. The maximum Gasteiger partial charge on any atom is 0.165 e. The van der Waals surface area contributed by atoms with E-state index in [0.717, 1.165) is 29.0 Å². The van der Waals surface area contributed by atoms with E-state index in [9.17, 15) is 5.11 Å². The highest BCUT2D eigenvalue weighted by atomic mass is 16.5. The van der Waals surface area contributed by atoms with Crippen molar-refractivity contribution in [3.8, 4) is 0 Å². The van der Waals surface area contributed by atoms with Crippen molar-refractivity contribution in [3.05, 3.63) is 48.5 Å². The second kappa shape index (κ2) is 6.53. The molecule has 146 valence electrons. The van der Waals surface area contributed by atoms with Crippen LogP contribution in [0.4, 0.5) is 5.82 Å². The monoisotopic (exact) mass is 379 g/mol. The maximum absolute atomic E-state index is 10.8. The Morgan fingerprint density at radius 2 is 2.04 bits per heavy atom. The van der Waals surface area contributed by atoms with Crippen molar-refractivity contribution in [2.45, 2.75) is 31.6 Å². The molecule has 4 atom stereocenters. The first-order valence-electron chi connectivity index (χ1n) is 9.75. The van der Waals surface area contributed by atoms with Gasteiger partial charge in [0.1, 0.15) is 6.33 Å². The van der Waals surface area contributed by atoms with Gasteiger partial charge in [-0.15, -0.1) is 0 Å². The normalized spacial score (nSPS) is 28.5. The lowest BCUT2D eigenvalue weighted by molar-refractivity contribution is 0.0134. The molecule has 0 saturated heterocycles. The zero-order valence-electron chi connectivity index (χ0n) is 16.2. The van der Waals surface area contributed by atoms with Crippen LogP contribution >= 0.6 is 0 Å². The Labute approximate surface area is 164 Å². The minimum Gasteiger partial charge on any atom is -0.392 e. The maximum atomic E-state index is 10.8. The molecule has 1 N–H and O–H groups in total. The molecule has 2 saturated carbocycles. The fourth-order valence-corrected chi connectivity index (χ4v) is 4.79. The largest absolute Gasteiger partial charge is 0.392 e. The van der Waals surface area contributed by atoms with Crippen LogP contribution in [0.1, 0.15) is 24.4 Å². The second-order valence-electron chi connectivity index (χ2n) is 8.26. The lowest BCUT2D eigenvalue weighted by Crippen LogP contribution is -2.24. The topological polar surface area (TPSA) is 76.3 Å². The number of aliphatic hydroxyl groups excluding tert-OH is 1. The van der Waals surface area contributed by atoms with Gasteiger partial charge in [0, 0.05) is 25.6 Å². The molecule has 0 radical (unpaired) electrons. The lowest BCUT2D eigenvalue weighted by Gasteiger charge is -2.18. The minimum absolute atomic E-state index is 0.131. The molecular weight excluding hydrogens is 354 g/mol. The molecule has 0 spiro atoms. The second-order valence-corrected chi connectivity index (χ2v) is 8.26. The molecule has 28 heavy (non-hydrogen) atoms. The van der Waals surface area contributed by atoms with Crippen molar-refractivity contribution in [1.29, 1.82) is 0 Å². The molecule has 0 amide bonds. The van der Waals surface area contributed by atoms with Crippen LogP contribution in [0.3, 0.4) is 0 Å². The number of ether oxygens (including phenoxy) is 1. The third kappa shape index (κ3) is 2.69. The Hall–Kier alpha value is -2.51. The van der Waals surface area contributed by atoms with Gasteiger partial charge in [0.2, 0.25) is 0 Å². The van der Waals surface area contributed by atoms with E-state index in [1.54, 1.807) is 6.33 Å². The van der Waals surface area contributed by atoms with E-state index in [1.807, 2.05) is 43.5 Å². The number of aromatic nitrogens is 4. The van der Waals surface area contributed by atoms with Crippen molar-refractivity contribution >= 4 is 17.0 Å². The van der Waals surface area contributed by atoms with Gasteiger partial charge in [-0.25, -0.2) is 15.0 Å². The van der Waals surface area contributed by atoms with Gasteiger partial charge in [-0.3, -0.25) is 0 Å². The van der Waals surface area contributed by atoms with Crippen molar-refractivity contribution < 1.29 is 9.84 Å². The average Bonchev–Trinajstić information content (AvgIpc) is 3.16. The van der Waals surface area contributed by atoms with Gasteiger partial charge in [-0.2, -0.15) is 0 Å². The van der Waals surface area contributed by atoms with Crippen LogP contribution in [0, 0.1) is 11.3 Å². The summed E-state index contributed by atoms with van der Waals surface area (Å²) >= 11 is 0. The van der Waals surface area contributed by atoms with Crippen LogP contribution in [-0.4, -0.2) is 51.4 Å². The van der Waals surface area contributed by atoms with Crippen LogP contribution in [0.15, 0.2) is 43.0 Å². The van der Waals surface area contributed by atoms with Gasteiger partial charge in [-0.1, -0.05) is 30.3 Å². The van der Waals surface area contributed by atoms with E-state index in [0.29, 0.717) is 25.6 Å². The number of hydrogen-bond donors (Lipinski definition) is 1. The van der Waals surface area contributed by atoms with Crippen LogP contribution < -0.4 is 4.90 Å². The Morgan fingerprint density at radius 1 is 1.21 bits per heavy atom. The molecule has 5 rings (SSSR count). The standard InChI is InChI=1S/C21H25N5O2/c1-25(2)19-18-20(23-12-22-19)26(13-24-18)16-8-17(27)21(9-15(16)21)11-28-10-14-6-4-3-5-7-14/h3-7,12-13,15-17,27H,8-11H2,1-2H3/t15-,16+,17+,21+/m1/s1. The molecule has 0 unspecified atom stereocenters. The van der Waals surface area contributed by atoms with E-state index >= 15 is 0 Å². The summed E-state index contributed by atoms with van der Waals surface area (Å²) in [4.78, 5) is 15.3. The first-order valence-corrected chi connectivity index (χ1v) is 9.75. The number of hydrogen-bond acceptors (Lipinski definition) is 6. The molecule has 2 aliphatic rings. The SMILES string of the molecule is CN(C)c1ncnc2c1ncn2[C@H]1C[C@H](O)[C@]2(COCc3ccccc3)C[C@H]12. The van der Waals surface area contributed by atoms with E-state index in [2.05, 4.69) is 31.7 Å². The first-order chi connectivity index (χ1) is 13.6. The number of fused-ring (bicyclic) bond motifs is 2. The van der Waals surface area contributed by atoms with Gasteiger partial charge in [0.05, 0.1) is 25.6 Å². The number of nitrogens with zero attached hydrogens (tertiary/aromatic N) is 5. The molecule has 0 bridgehead atoms. The molecule has 2 heterocycles. The molecule has 7 nitrogen and oxygen atoms in total. The van der Waals surface area contributed by atoms with E-state index in [-0.39, 0.29) is 17.6 Å². The van der Waals surface area contributed by atoms with Crippen molar-refractivity contribution in [2.75, 3.05) is 25.6 Å². The van der Waals surface area contributed by atoms with Gasteiger partial charge < -0.3 is 19.3 Å². The van der Waals surface area contributed by atoms with Gasteiger partial charge in [-0.05, 0) is 24.3 Å². The van der Waals surface area contributed by atoms with Gasteiger partial charge >= 0.3 is 0 Å². The van der Waals surface area contributed by atoms with Crippen LogP contribution in [0.2, 0.25) is 0 Å². The van der Waals surface area contributed by atoms with Crippen LogP contribution in [-0.2, 0) is 11.3 Å². The number of aliphatic hydroxyl groups is 1. The number of anilines is 1. The molecule has 0 aliphatic heterocycles. The Bertz CT molecular complexity index is 989. The zero-order chi connectivity index (χ0) is 19.3. The Balaban J connectivity index is 1.34. The summed E-state index contributed by atoms with van der Waals surface area (Å²) < 4.78 is 8.13. The first kappa shape index (κ1) is 17.6. The third-order valence-electron chi connectivity index (χ3n) is 6.37. The minimum atomic E-state index is -0.356. The quantitative estimate of drug-likeness (QED) is 0.709. The number of imidazole rings is 1. The molecule has 2 aliphatic carbocycles. The summed E-state index contributed by atoms with van der Waals surface area (Å²) in [7, 11) is 3.91. The van der Waals surface area contributed by atoms with E-state index < -0.39 is 0 Å². The molecule has 1 aromatic carbocycles. The zero-order valence-corrected chi connectivity index (χ0v) is 16.2. The smallest absolute Gasteiger partial charge is 0.165 e. The number of benzene rings is 1. The van der Waals surface area contributed by atoms with Crippen LogP contribution in [0.25, 0.3) is 11.2 Å². The summed E-state index contributed by atoms with van der Waals surface area (Å²) in [6, 6.07) is 10.4. The molecule has 2 fully saturated rings. The highest BCUT2D eigenvalue weighted by molar-refractivity contribution is 5.83. The molecule has 7 heteroatoms. The summed E-state index contributed by atoms with van der Waals surface area (Å²) in [5.41, 5.74) is 2.67. The highest BCUT2D eigenvalue weighted by Gasteiger charge is 2.67. The fraction of sp³-hybridized carbons (Fsp3) is 0.476. The number of rotatable bonds is 6. The van der Waals surface area contributed by atoms with Gasteiger partial charge in [0.25, 0.3) is 0 Å². The third-order valence-corrected chi connectivity index (χ3v) is 6.37. The van der Waals surface area contributed by atoms with Gasteiger partial charge in [0.15, 0.2) is 17.0 Å². The highest BCUT2D eigenvalue weighted by Crippen LogP contribution is 2.67.